The summed E-state index contributed by atoms with van der Waals surface area (Å²) in [5.74, 6) is 0. The van der Waals surface area contributed by atoms with E-state index in [1.165, 1.54) is 18.4 Å². The molecule has 0 aromatic heterocycles. The molecule has 1 fully saturated rings. The quantitative estimate of drug-likeness (QED) is 0.888. The lowest BCUT2D eigenvalue weighted by Gasteiger charge is -2.47. The average molecular weight is 281 g/mol. The highest BCUT2D eigenvalue weighted by Gasteiger charge is 2.55. The van der Waals surface area contributed by atoms with Gasteiger partial charge in [-0.25, -0.2) is 0 Å². The number of nitrogens with two attached hydrogens (primary N) is 1. The Kier molecular flexibility index (Phi) is 3.97. The highest BCUT2D eigenvalue weighted by Crippen LogP contribution is 2.56. The van der Waals surface area contributed by atoms with Crippen molar-refractivity contribution in [2.24, 2.45) is 11.1 Å². The molecular weight excluding hydrogens is 256 g/mol. The molecule has 3 heteroatoms. The molecular formula is C16H25ClN2. The Balaban J connectivity index is 2.28. The first-order chi connectivity index (χ1) is 8.85. The highest BCUT2D eigenvalue weighted by atomic mass is 35.5. The number of halogens is 1. The van der Waals surface area contributed by atoms with Crippen LogP contribution < -0.4 is 5.73 Å². The van der Waals surface area contributed by atoms with E-state index >= 15 is 0 Å². The molecule has 1 aromatic rings. The van der Waals surface area contributed by atoms with Gasteiger partial charge in [0.15, 0.2) is 0 Å². The van der Waals surface area contributed by atoms with Crippen molar-refractivity contribution in [3.8, 4) is 0 Å². The number of rotatable bonds is 5. The van der Waals surface area contributed by atoms with Crippen LogP contribution >= 0.6 is 11.6 Å². The summed E-state index contributed by atoms with van der Waals surface area (Å²) < 4.78 is 0. The Morgan fingerprint density at radius 1 is 1.42 bits per heavy atom. The third kappa shape index (κ3) is 2.42. The zero-order valence-corrected chi connectivity index (χ0v) is 13.2. The van der Waals surface area contributed by atoms with Gasteiger partial charge >= 0.3 is 0 Å². The highest BCUT2D eigenvalue weighted by molar-refractivity contribution is 6.31. The Morgan fingerprint density at radius 3 is 2.47 bits per heavy atom. The fraction of sp³-hybridized carbons (Fsp3) is 0.625. The van der Waals surface area contributed by atoms with Crippen LogP contribution in [-0.2, 0) is 0 Å². The van der Waals surface area contributed by atoms with Gasteiger partial charge in [0.25, 0.3) is 0 Å². The molecule has 2 N–H and O–H groups in total. The number of hydrogen-bond acceptors (Lipinski definition) is 2. The van der Waals surface area contributed by atoms with Crippen LogP contribution in [0.2, 0.25) is 5.02 Å². The van der Waals surface area contributed by atoms with Crippen LogP contribution in [0.15, 0.2) is 24.3 Å². The first-order valence-corrected chi connectivity index (χ1v) is 7.41. The summed E-state index contributed by atoms with van der Waals surface area (Å²) >= 11 is 6.33. The summed E-state index contributed by atoms with van der Waals surface area (Å²) in [6, 6.07) is 8.35. The largest absolute Gasteiger partial charge is 0.329 e. The monoisotopic (exact) mass is 280 g/mol. The van der Waals surface area contributed by atoms with Crippen molar-refractivity contribution in [2.75, 3.05) is 13.6 Å². The molecule has 0 spiro atoms. The van der Waals surface area contributed by atoms with E-state index in [-0.39, 0.29) is 11.6 Å². The SMILES string of the molecule is CC(c1ccccc1Cl)N(C)C(C)(CN)C1(C)CC1. The third-order valence-electron chi connectivity index (χ3n) is 5.41. The van der Waals surface area contributed by atoms with Crippen molar-refractivity contribution >= 4 is 11.6 Å². The lowest BCUT2D eigenvalue weighted by Crippen LogP contribution is -2.56. The average Bonchev–Trinajstić information content (AvgIpc) is 3.16. The van der Waals surface area contributed by atoms with E-state index in [2.05, 4.69) is 38.8 Å². The number of likely N-dealkylation sites (N-methyl/N-ethyl adjacent to an activating group) is 1. The minimum Gasteiger partial charge on any atom is -0.329 e. The fourth-order valence-electron chi connectivity index (χ4n) is 2.99. The maximum Gasteiger partial charge on any atom is 0.0453 e. The molecule has 0 radical (unpaired) electrons. The van der Waals surface area contributed by atoms with Crippen molar-refractivity contribution in [1.82, 2.24) is 4.90 Å². The smallest absolute Gasteiger partial charge is 0.0453 e. The first kappa shape index (κ1) is 14.8. The summed E-state index contributed by atoms with van der Waals surface area (Å²) in [6.07, 6.45) is 2.53. The van der Waals surface area contributed by atoms with Gasteiger partial charge in [-0.2, -0.15) is 0 Å². The summed E-state index contributed by atoms with van der Waals surface area (Å²) in [4.78, 5) is 2.40. The molecule has 2 nitrogen and oxygen atoms in total. The molecule has 0 heterocycles. The molecule has 0 amide bonds. The molecule has 1 aromatic carbocycles. The topological polar surface area (TPSA) is 29.3 Å². The molecule has 19 heavy (non-hydrogen) atoms. The zero-order valence-electron chi connectivity index (χ0n) is 12.4. The van der Waals surface area contributed by atoms with Crippen LogP contribution in [0.1, 0.15) is 45.2 Å². The van der Waals surface area contributed by atoms with E-state index in [1.807, 2.05) is 18.2 Å². The van der Waals surface area contributed by atoms with Crippen LogP contribution in [0, 0.1) is 5.41 Å². The van der Waals surface area contributed by atoms with Crippen LogP contribution in [0.25, 0.3) is 0 Å². The molecule has 106 valence electrons. The van der Waals surface area contributed by atoms with Gasteiger partial charge in [-0.15, -0.1) is 0 Å². The van der Waals surface area contributed by atoms with Gasteiger partial charge in [-0.05, 0) is 50.8 Å². The summed E-state index contributed by atoms with van der Waals surface area (Å²) in [7, 11) is 2.17. The maximum atomic E-state index is 6.33. The van der Waals surface area contributed by atoms with E-state index in [4.69, 9.17) is 17.3 Å². The predicted molar refractivity (Wildman–Crippen MR) is 82.4 cm³/mol. The van der Waals surface area contributed by atoms with Crippen molar-refractivity contribution in [2.45, 2.75) is 45.2 Å². The number of benzene rings is 1. The fourth-order valence-corrected chi connectivity index (χ4v) is 3.29. The molecule has 1 saturated carbocycles. The van der Waals surface area contributed by atoms with Crippen molar-refractivity contribution in [1.29, 1.82) is 0 Å². The van der Waals surface area contributed by atoms with Crippen LogP contribution in [0.5, 0.6) is 0 Å². The molecule has 0 bridgehead atoms. The Labute approximate surface area is 121 Å². The van der Waals surface area contributed by atoms with Gasteiger partial charge in [0.2, 0.25) is 0 Å². The van der Waals surface area contributed by atoms with E-state index < -0.39 is 0 Å². The summed E-state index contributed by atoms with van der Waals surface area (Å²) in [5, 5.41) is 0.835. The zero-order chi connectivity index (χ0) is 14.3. The van der Waals surface area contributed by atoms with E-state index in [1.54, 1.807) is 0 Å². The molecule has 2 rings (SSSR count). The molecule has 2 atom stereocenters. The van der Waals surface area contributed by atoms with Crippen LogP contribution in [-0.4, -0.2) is 24.0 Å². The number of hydrogen-bond donors (Lipinski definition) is 1. The van der Waals surface area contributed by atoms with Gasteiger partial charge in [0.1, 0.15) is 0 Å². The Hall–Kier alpha value is -0.570. The lowest BCUT2D eigenvalue weighted by molar-refractivity contribution is 0.0397. The molecule has 0 saturated heterocycles. The minimum atomic E-state index is 0.0194. The van der Waals surface area contributed by atoms with E-state index in [0.29, 0.717) is 12.0 Å². The van der Waals surface area contributed by atoms with Crippen molar-refractivity contribution in [3.05, 3.63) is 34.9 Å². The second-order valence-electron chi connectivity index (χ2n) is 6.35. The van der Waals surface area contributed by atoms with Crippen LogP contribution in [0.4, 0.5) is 0 Å². The van der Waals surface area contributed by atoms with Crippen molar-refractivity contribution in [3.63, 3.8) is 0 Å². The molecule has 1 aliphatic carbocycles. The predicted octanol–water partition coefficient (Wildman–Crippen LogP) is 3.85. The minimum absolute atomic E-state index is 0.0194. The van der Waals surface area contributed by atoms with Crippen molar-refractivity contribution < 1.29 is 0 Å². The molecule has 2 unspecified atom stereocenters. The summed E-state index contributed by atoms with van der Waals surface area (Å²) in [6.45, 7) is 7.51. The van der Waals surface area contributed by atoms with Gasteiger partial charge < -0.3 is 5.73 Å². The van der Waals surface area contributed by atoms with Gasteiger partial charge in [-0.3, -0.25) is 4.90 Å². The van der Waals surface area contributed by atoms with Gasteiger partial charge in [0.05, 0.1) is 0 Å². The maximum absolute atomic E-state index is 6.33. The normalized spacial score (nSPS) is 22.1. The standard InChI is InChI=1S/C16H25ClN2/c1-12(13-7-5-6-8-14(13)17)19(4)16(3,11-18)15(2)9-10-15/h5-8,12H,9-11,18H2,1-4H3. The third-order valence-corrected chi connectivity index (χ3v) is 5.76. The summed E-state index contributed by atoms with van der Waals surface area (Å²) in [5.41, 5.74) is 7.65. The van der Waals surface area contributed by atoms with E-state index in [0.717, 1.165) is 5.02 Å². The van der Waals surface area contributed by atoms with Gasteiger partial charge in [0, 0.05) is 23.1 Å². The molecule has 0 aliphatic heterocycles. The number of nitrogens with zero attached hydrogens (tertiary/aromatic N) is 1. The second kappa shape index (κ2) is 5.08. The lowest BCUT2D eigenvalue weighted by atomic mass is 9.81. The molecule has 1 aliphatic rings. The first-order valence-electron chi connectivity index (χ1n) is 7.03. The van der Waals surface area contributed by atoms with Crippen LogP contribution in [0.3, 0.4) is 0 Å². The van der Waals surface area contributed by atoms with E-state index in [9.17, 15) is 0 Å². The second-order valence-corrected chi connectivity index (χ2v) is 6.75. The van der Waals surface area contributed by atoms with Gasteiger partial charge in [-0.1, -0.05) is 36.7 Å². The Morgan fingerprint density at radius 2 is 2.00 bits per heavy atom. The Bertz CT molecular complexity index is 456.